The van der Waals surface area contributed by atoms with E-state index in [1.807, 2.05) is 60.1 Å². The molecule has 0 bridgehead atoms. The van der Waals surface area contributed by atoms with E-state index in [1.165, 1.54) is 0 Å². The second-order valence-electron chi connectivity index (χ2n) is 6.46. The molecule has 0 unspecified atom stereocenters. The lowest BCUT2D eigenvalue weighted by molar-refractivity contribution is 0.941. The minimum Gasteiger partial charge on any atom is -0.256 e. The minimum absolute atomic E-state index is 0.803. The van der Waals surface area contributed by atoms with Crippen LogP contribution in [0.1, 0.15) is 5.69 Å². The highest BCUT2D eigenvalue weighted by Gasteiger charge is 2.17. The van der Waals surface area contributed by atoms with Crippen LogP contribution in [0.25, 0.3) is 39.1 Å². The number of aromatic nitrogens is 4. The second-order valence-corrected chi connectivity index (χ2v) is 7.26. The van der Waals surface area contributed by atoms with Crippen LogP contribution in [0.5, 0.6) is 0 Å². The molecule has 2 aromatic carbocycles. The van der Waals surface area contributed by atoms with Gasteiger partial charge in [0.1, 0.15) is 5.69 Å². The fourth-order valence-corrected chi connectivity index (χ4v) is 3.87. The highest BCUT2D eigenvalue weighted by atomic mass is 79.9. The summed E-state index contributed by atoms with van der Waals surface area (Å²) in [6, 6.07) is 22.4. The first-order chi connectivity index (χ1) is 13.2. The van der Waals surface area contributed by atoms with Crippen molar-refractivity contribution in [2.45, 2.75) is 6.92 Å². The predicted molar refractivity (Wildman–Crippen MR) is 112 cm³/mol. The standard InChI is InChI=1S/C22H15BrN4/c1-14-11-19(17-12-16-9-5-6-10-18(16)24-13-17)27-22(25-14)20(23)21(26-27)15-7-3-2-4-8-15/h2-13H,1H3. The summed E-state index contributed by atoms with van der Waals surface area (Å²) in [6.45, 7) is 2.00. The van der Waals surface area contributed by atoms with Crippen molar-refractivity contribution in [2.75, 3.05) is 0 Å². The lowest BCUT2D eigenvalue weighted by Gasteiger charge is -2.07. The van der Waals surface area contributed by atoms with Gasteiger partial charge in [0.25, 0.3) is 0 Å². The molecular weight excluding hydrogens is 400 g/mol. The molecule has 0 saturated heterocycles. The van der Waals surface area contributed by atoms with Crippen molar-refractivity contribution in [1.29, 1.82) is 0 Å². The molecule has 0 saturated carbocycles. The average Bonchev–Trinajstić information content (AvgIpc) is 3.04. The molecule has 3 aromatic heterocycles. The smallest absolute Gasteiger partial charge is 0.170 e. The summed E-state index contributed by atoms with van der Waals surface area (Å²) in [5.74, 6) is 0. The molecule has 0 N–H and O–H groups in total. The molecule has 0 aliphatic rings. The monoisotopic (exact) mass is 414 g/mol. The number of benzene rings is 2. The fraction of sp³-hybridized carbons (Fsp3) is 0.0455. The van der Waals surface area contributed by atoms with Crippen molar-refractivity contribution in [3.8, 4) is 22.5 Å². The lowest BCUT2D eigenvalue weighted by atomic mass is 10.1. The van der Waals surface area contributed by atoms with Crippen LogP contribution in [-0.4, -0.2) is 19.6 Å². The Hall–Kier alpha value is -3.05. The molecule has 0 atom stereocenters. The van der Waals surface area contributed by atoms with Gasteiger partial charge < -0.3 is 0 Å². The molecule has 130 valence electrons. The third kappa shape index (κ3) is 2.71. The normalized spacial score (nSPS) is 11.3. The van der Waals surface area contributed by atoms with E-state index in [9.17, 15) is 0 Å². The van der Waals surface area contributed by atoms with E-state index in [0.29, 0.717) is 0 Å². The van der Waals surface area contributed by atoms with Gasteiger partial charge in [-0.3, -0.25) is 4.98 Å². The molecular formula is C22H15BrN4. The maximum Gasteiger partial charge on any atom is 0.170 e. The number of aryl methyl sites for hydroxylation is 1. The van der Waals surface area contributed by atoms with Gasteiger partial charge in [-0.25, -0.2) is 9.50 Å². The number of hydrogen-bond acceptors (Lipinski definition) is 3. The summed E-state index contributed by atoms with van der Waals surface area (Å²) >= 11 is 3.71. The largest absolute Gasteiger partial charge is 0.256 e. The zero-order chi connectivity index (χ0) is 18.4. The van der Waals surface area contributed by atoms with Crippen LogP contribution in [0.3, 0.4) is 0 Å². The molecule has 5 aromatic rings. The Morgan fingerprint density at radius 3 is 2.52 bits per heavy atom. The topological polar surface area (TPSA) is 43.1 Å². The Balaban J connectivity index is 1.79. The van der Waals surface area contributed by atoms with Gasteiger partial charge in [-0.15, -0.1) is 0 Å². The van der Waals surface area contributed by atoms with Crippen molar-refractivity contribution in [3.63, 3.8) is 0 Å². The Bertz CT molecular complexity index is 1290. The van der Waals surface area contributed by atoms with E-state index < -0.39 is 0 Å². The van der Waals surface area contributed by atoms with E-state index in [2.05, 4.69) is 45.2 Å². The van der Waals surface area contributed by atoms with Crippen LogP contribution in [0, 0.1) is 6.92 Å². The van der Waals surface area contributed by atoms with E-state index >= 15 is 0 Å². The summed E-state index contributed by atoms with van der Waals surface area (Å²) in [5.41, 5.74) is 6.63. The van der Waals surface area contributed by atoms with Gasteiger partial charge in [0, 0.05) is 28.4 Å². The molecule has 0 fully saturated rings. The highest BCUT2D eigenvalue weighted by Crippen LogP contribution is 2.33. The summed E-state index contributed by atoms with van der Waals surface area (Å²) < 4.78 is 2.79. The van der Waals surface area contributed by atoms with Crippen LogP contribution in [0.2, 0.25) is 0 Å². The van der Waals surface area contributed by atoms with E-state index in [0.717, 1.165) is 49.2 Å². The molecule has 4 nitrogen and oxygen atoms in total. The van der Waals surface area contributed by atoms with Gasteiger partial charge in [0.2, 0.25) is 0 Å². The summed E-state index contributed by atoms with van der Waals surface area (Å²) in [6.07, 6.45) is 1.90. The summed E-state index contributed by atoms with van der Waals surface area (Å²) in [5, 5.41) is 5.96. The Morgan fingerprint density at radius 1 is 0.889 bits per heavy atom. The number of fused-ring (bicyclic) bond motifs is 2. The van der Waals surface area contributed by atoms with Crippen molar-refractivity contribution >= 4 is 32.5 Å². The molecule has 0 spiro atoms. The lowest BCUT2D eigenvalue weighted by Crippen LogP contribution is -1.98. The van der Waals surface area contributed by atoms with Crippen molar-refractivity contribution in [2.24, 2.45) is 0 Å². The number of hydrogen-bond donors (Lipinski definition) is 0. The Labute approximate surface area is 164 Å². The number of para-hydroxylation sites is 1. The Kier molecular flexibility index (Phi) is 3.76. The van der Waals surface area contributed by atoms with Crippen LogP contribution in [-0.2, 0) is 0 Å². The van der Waals surface area contributed by atoms with Gasteiger partial charge >= 0.3 is 0 Å². The zero-order valence-electron chi connectivity index (χ0n) is 14.6. The number of pyridine rings is 1. The highest BCUT2D eigenvalue weighted by molar-refractivity contribution is 9.10. The quantitative estimate of drug-likeness (QED) is 0.373. The molecule has 0 amide bonds. The second kappa shape index (κ2) is 6.28. The zero-order valence-corrected chi connectivity index (χ0v) is 16.2. The first-order valence-corrected chi connectivity index (χ1v) is 9.46. The van der Waals surface area contributed by atoms with Crippen molar-refractivity contribution in [3.05, 3.63) is 83.1 Å². The maximum absolute atomic E-state index is 4.86. The van der Waals surface area contributed by atoms with Gasteiger partial charge in [-0.2, -0.15) is 5.10 Å². The molecule has 27 heavy (non-hydrogen) atoms. The third-order valence-corrected chi connectivity index (χ3v) is 5.32. The van der Waals surface area contributed by atoms with E-state index in [4.69, 9.17) is 10.1 Å². The van der Waals surface area contributed by atoms with Crippen LogP contribution in [0.15, 0.2) is 77.4 Å². The first-order valence-electron chi connectivity index (χ1n) is 8.67. The molecule has 5 heteroatoms. The molecule has 3 heterocycles. The van der Waals surface area contributed by atoms with Gasteiger partial charge in [0.05, 0.1) is 15.7 Å². The summed E-state index contributed by atoms with van der Waals surface area (Å²) in [7, 11) is 0. The molecule has 0 aliphatic heterocycles. The predicted octanol–water partition coefficient (Wildman–Crippen LogP) is 5.68. The van der Waals surface area contributed by atoms with Crippen LogP contribution < -0.4 is 0 Å². The molecule has 0 aliphatic carbocycles. The molecule has 5 rings (SSSR count). The van der Waals surface area contributed by atoms with E-state index in [-0.39, 0.29) is 0 Å². The average molecular weight is 415 g/mol. The van der Waals surface area contributed by atoms with Crippen LogP contribution >= 0.6 is 15.9 Å². The fourth-order valence-electron chi connectivity index (χ4n) is 3.31. The van der Waals surface area contributed by atoms with Gasteiger partial charge in [-0.05, 0) is 41.1 Å². The third-order valence-electron chi connectivity index (χ3n) is 4.59. The maximum atomic E-state index is 4.86. The van der Waals surface area contributed by atoms with Crippen LogP contribution in [0.4, 0.5) is 0 Å². The van der Waals surface area contributed by atoms with Crippen molar-refractivity contribution < 1.29 is 0 Å². The SMILES string of the molecule is Cc1cc(-c2cnc3ccccc3c2)n2nc(-c3ccccc3)c(Br)c2n1. The van der Waals surface area contributed by atoms with Gasteiger partial charge in [0.15, 0.2) is 5.65 Å². The minimum atomic E-state index is 0.803. The number of rotatable bonds is 2. The summed E-state index contributed by atoms with van der Waals surface area (Å²) in [4.78, 5) is 9.31. The Morgan fingerprint density at radius 2 is 1.67 bits per heavy atom. The molecule has 0 radical (unpaired) electrons. The number of halogens is 1. The van der Waals surface area contributed by atoms with Crippen molar-refractivity contribution in [1.82, 2.24) is 19.6 Å². The van der Waals surface area contributed by atoms with E-state index in [1.54, 1.807) is 0 Å². The van der Waals surface area contributed by atoms with Gasteiger partial charge in [-0.1, -0.05) is 48.5 Å². The number of nitrogens with zero attached hydrogens (tertiary/aromatic N) is 4. The first kappa shape index (κ1) is 16.1.